The smallest absolute Gasteiger partial charge is 0.127 e. The Hall–Kier alpha value is -0.450. The van der Waals surface area contributed by atoms with Gasteiger partial charge < -0.3 is 9.84 Å². The zero-order chi connectivity index (χ0) is 11.5. The van der Waals surface area contributed by atoms with Gasteiger partial charge in [0.2, 0.25) is 0 Å². The van der Waals surface area contributed by atoms with Crippen molar-refractivity contribution in [2.45, 2.75) is 31.5 Å². The van der Waals surface area contributed by atoms with Crippen molar-refractivity contribution in [3.05, 3.63) is 34.1 Å². The third kappa shape index (κ3) is 2.81. The number of benzene rings is 1. The molecule has 1 fully saturated rings. The minimum Gasteiger partial charge on any atom is -0.390 e. The molecule has 0 bridgehead atoms. The van der Waals surface area contributed by atoms with Crippen LogP contribution < -0.4 is 0 Å². The van der Waals surface area contributed by atoms with E-state index >= 15 is 0 Å². The predicted molar refractivity (Wildman–Crippen MR) is 62.8 cm³/mol. The molecule has 0 spiro atoms. The maximum Gasteiger partial charge on any atom is 0.127 e. The number of ether oxygens (including phenoxy) is 1. The van der Waals surface area contributed by atoms with Gasteiger partial charge in [-0.2, -0.15) is 0 Å². The van der Waals surface area contributed by atoms with E-state index in [-0.39, 0.29) is 11.9 Å². The Morgan fingerprint density at radius 3 is 3.00 bits per heavy atom. The fraction of sp³-hybridized carbons (Fsp3) is 0.500. The van der Waals surface area contributed by atoms with E-state index in [1.54, 1.807) is 12.1 Å². The van der Waals surface area contributed by atoms with Crippen molar-refractivity contribution in [3.63, 3.8) is 0 Å². The topological polar surface area (TPSA) is 29.5 Å². The number of aliphatic hydroxyl groups excluding tert-OH is 1. The molecule has 1 N–H and O–H groups in total. The van der Waals surface area contributed by atoms with Crippen LogP contribution in [0.25, 0.3) is 0 Å². The largest absolute Gasteiger partial charge is 0.390 e. The van der Waals surface area contributed by atoms with Crippen molar-refractivity contribution in [2.75, 3.05) is 6.61 Å². The standard InChI is InChI=1S/C12H14BrFO2/c13-9-4-3-8(10(14)7-9)6-11(15)12-2-1-5-16-12/h3-4,7,11-12,15H,1-2,5-6H2. The highest BCUT2D eigenvalue weighted by molar-refractivity contribution is 9.10. The van der Waals surface area contributed by atoms with Crippen molar-refractivity contribution in [1.29, 1.82) is 0 Å². The van der Waals surface area contributed by atoms with Crippen LogP contribution >= 0.6 is 15.9 Å². The molecular weight excluding hydrogens is 275 g/mol. The lowest BCUT2D eigenvalue weighted by Crippen LogP contribution is -2.27. The molecule has 1 aliphatic heterocycles. The van der Waals surface area contributed by atoms with Crippen LogP contribution in [0.5, 0.6) is 0 Å². The number of aliphatic hydroxyl groups is 1. The van der Waals surface area contributed by atoms with Gasteiger partial charge in [0.1, 0.15) is 5.82 Å². The monoisotopic (exact) mass is 288 g/mol. The average molecular weight is 289 g/mol. The zero-order valence-electron chi connectivity index (χ0n) is 8.83. The van der Waals surface area contributed by atoms with Crippen molar-refractivity contribution in [2.24, 2.45) is 0 Å². The van der Waals surface area contributed by atoms with Crippen LogP contribution in [-0.4, -0.2) is 23.9 Å². The number of rotatable bonds is 3. The summed E-state index contributed by atoms with van der Waals surface area (Å²) in [6.45, 7) is 0.699. The number of hydrogen-bond donors (Lipinski definition) is 1. The van der Waals surface area contributed by atoms with Gasteiger partial charge in [-0.15, -0.1) is 0 Å². The highest BCUT2D eigenvalue weighted by atomic mass is 79.9. The maximum atomic E-state index is 13.5. The van der Waals surface area contributed by atoms with E-state index in [4.69, 9.17) is 4.74 Å². The van der Waals surface area contributed by atoms with Gasteiger partial charge in [-0.05, 0) is 30.5 Å². The Morgan fingerprint density at radius 1 is 1.56 bits per heavy atom. The molecule has 16 heavy (non-hydrogen) atoms. The first-order chi connectivity index (χ1) is 7.66. The summed E-state index contributed by atoms with van der Waals surface area (Å²) in [5.74, 6) is -0.286. The van der Waals surface area contributed by atoms with E-state index < -0.39 is 6.10 Å². The summed E-state index contributed by atoms with van der Waals surface area (Å²) in [4.78, 5) is 0. The van der Waals surface area contributed by atoms with Gasteiger partial charge in [0.15, 0.2) is 0 Å². The molecule has 1 heterocycles. The van der Waals surface area contributed by atoms with Gasteiger partial charge in [-0.3, -0.25) is 0 Å². The highest BCUT2D eigenvalue weighted by Crippen LogP contribution is 2.21. The van der Waals surface area contributed by atoms with E-state index in [2.05, 4.69) is 15.9 Å². The third-order valence-corrected chi connectivity index (χ3v) is 3.33. The van der Waals surface area contributed by atoms with Crippen molar-refractivity contribution in [3.8, 4) is 0 Å². The first-order valence-electron chi connectivity index (χ1n) is 5.40. The first kappa shape index (κ1) is 12.0. The Balaban J connectivity index is 2.02. The summed E-state index contributed by atoms with van der Waals surface area (Å²) >= 11 is 3.20. The fourth-order valence-corrected chi connectivity index (χ4v) is 2.28. The molecule has 0 aliphatic carbocycles. The number of hydrogen-bond acceptors (Lipinski definition) is 2. The molecule has 1 aromatic carbocycles. The van der Waals surface area contributed by atoms with Crippen molar-refractivity contribution < 1.29 is 14.2 Å². The molecule has 0 saturated carbocycles. The van der Waals surface area contributed by atoms with E-state index in [9.17, 15) is 9.50 Å². The summed E-state index contributed by atoms with van der Waals surface area (Å²) in [6.07, 6.45) is 1.40. The van der Waals surface area contributed by atoms with E-state index in [1.807, 2.05) is 0 Å². The van der Waals surface area contributed by atoms with E-state index in [1.165, 1.54) is 6.07 Å². The molecule has 88 valence electrons. The summed E-state index contributed by atoms with van der Waals surface area (Å²) in [6, 6.07) is 4.88. The second-order valence-corrected chi connectivity index (χ2v) is 4.97. The molecule has 2 rings (SSSR count). The van der Waals surface area contributed by atoms with Gasteiger partial charge in [0.25, 0.3) is 0 Å². The first-order valence-corrected chi connectivity index (χ1v) is 6.19. The Kier molecular flexibility index (Phi) is 3.95. The van der Waals surface area contributed by atoms with Gasteiger partial charge in [-0.1, -0.05) is 22.0 Å². The van der Waals surface area contributed by atoms with E-state index in [0.717, 1.165) is 12.8 Å². The van der Waals surface area contributed by atoms with Crippen LogP contribution in [0, 0.1) is 5.82 Å². The predicted octanol–water partition coefficient (Wildman–Crippen LogP) is 2.67. The fourth-order valence-electron chi connectivity index (χ4n) is 1.95. The summed E-state index contributed by atoms with van der Waals surface area (Å²) in [5.41, 5.74) is 0.534. The Bertz CT molecular complexity index is 364. The molecular formula is C12H14BrFO2. The van der Waals surface area contributed by atoms with Crippen LogP contribution in [0.1, 0.15) is 18.4 Å². The second-order valence-electron chi connectivity index (χ2n) is 4.06. The molecule has 0 aromatic heterocycles. The molecule has 1 aliphatic rings. The van der Waals surface area contributed by atoms with Gasteiger partial charge in [0, 0.05) is 17.5 Å². The van der Waals surface area contributed by atoms with Crippen LogP contribution in [-0.2, 0) is 11.2 Å². The zero-order valence-corrected chi connectivity index (χ0v) is 10.4. The molecule has 0 radical (unpaired) electrons. The minimum atomic E-state index is -0.613. The molecule has 2 atom stereocenters. The second kappa shape index (κ2) is 5.25. The van der Waals surface area contributed by atoms with Crippen LogP contribution in [0.2, 0.25) is 0 Å². The van der Waals surface area contributed by atoms with Crippen molar-refractivity contribution in [1.82, 2.24) is 0 Å². The normalized spacial score (nSPS) is 22.3. The lowest BCUT2D eigenvalue weighted by Gasteiger charge is -2.17. The van der Waals surface area contributed by atoms with Gasteiger partial charge in [0.05, 0.1) is 12.2 Å². The van der Waals surface area contributed by atoms with E-state index in [0.29, 0.717) is 23.1 Å². The third-order valence-electron chi connectivity index (χ3n) is 2.84. The Labute approximate surface area is 103 Å². The van der Waals surface area contributed by atoms with Crippen LogP contribution in [0.4, 0.5) is 4.39 Å². The van der Waals surface area contributed by atoms with Crippen LogP contribution in [0.15, 0.2) is 22.7 Å². The highest BCUT2D eigenvalue weighted by Gasteiger charge is 2.24. The molecule has 2 unspecified atom stereocenters. The molecule has 4 heteroatoms. The number of halogens is 2. The van der Waals surface area contributed by atoms with Gasteiger partial charge >= 0.3 is 0 Å². The quantitative estimate of drug-likeness (QED) is 0.927. The summed E-state index contributed by atoms with van der Waals surface area (Å²) < 4.78 is 19.6. The molecule has 0 amide bonds. The average Bonchev–Trinajstić information content (AvgIpc) is 2.75. The summed E-state index contributed by atoms with van der Waals surface area (Å²) in [7, 11) is 0. The van der Waals surface area contributed by atoms with Crippen molar-refractivity contribution >= 4 is 15.9 Å². The minimum absolute atomic E-state index is 0.136. The maximum absolute atomic E-state index is 13.5. The summed E-state index contributed by atoms with van der Waals surface area (Å²) in [5, 5.41) is 9.89. The molecule has 1 saturated heterocycles. The molecule has 2 nitrogen and oxygen atoms in total. The lowest BCUT2D eigenvalue weighted by atomic mass is 10.0. The van der Waals surface area contributed by atoms with Gasteiger partial charge in [-0.25, -0.2) is 4.39 Å². The van der Waals surface area contributed by atoms with Crippen LogP contribution in [0.3, 0.4) is 0 Å². The SMILES string of the molecule is OC(Cc1ccc(Br)cc1F)C1CCCO1. The Morgan fingerprint density at radius 2 is 2.38 bits per heavy atom. The lowest BCUT2D eigenvalue weighted by molar-refractivity contribution is -0.00113. The molecule has 1 aromatic rings.